The van der Waals surface area contributed by atoms with Crippen LogP contribution in [0.3, 0.4) is 0 Å². The number of rotatable bonds is 5. The highest BCUT2D eigenvalue weighted by Gasteiger charge is 2.52. The lowest BCUT2D eigenvalue weighted by molar-refractivity contribution is -0.118. The minimum atomic E-state index is -0.610. The summed E-state index contributed by atoms with van der Waals surface area (Å²) in [6.45, 7) is 9.57. The molecule has 0 aromatic heterocycles. The smallest absolute Gasteiger partial charge is 0.465 e. The summed E-state index contributed by atoms with van der Waals surface area (Å²) in [7, 11) is 0.692. The van der Waals surface area contributed by atoms with Gasteiger partial charge in [0.15, 0.2) is 0 Å². The fourth-order valence-corrected chi connectivity index (χ4v) is 2.80. The standard InChI is InChI=1S/C19H25BClNO5/c1-12(23)22-11-14(20-26-18(2,3)19(4,5)27-20)9-13-7-8-15(16(21)10-13)17(24)25-6/h7-10H,11H2,1-6H3,(H,22,23). The summed E-state index contributed by atoms with van der Waals surface area (Å²) in [6, 6.07) is 5.00. The average Bonchev–Trinajstić information content (AvgIpc) is 2.78. The fraction of sp³-hybridized carbons (Fsp3) is 0.474. The number of ether oxygens (including phenoxy) is 1. The molecule has 0 atom stereocenters. The number of amides is 1. The molecule has 0 aliphatic carbocycles. The molecule has 6 nitrogen and oxygen atoms in total. The highest BCUT2D eigenvalue weighted by molar-refractivity contribution is 6.56. The van der Waals surface area contributed by atoms with Crippen molar-refractivity contribution < 1.29 is 23.6 Å². The van der Waals surface area contributed by atoms with Crippen molar-refractivity contribution in [3.63, 3.8) is 0 Å². The predicted molar refractivity (Wildman–Crippen MR) is 106 cm³/mol. The predicted octanol–water partition coefficient (Wildman–Crippen LogP) is 3.28. The van der Waals surface area contributed by atoms with E-state index in [2.05, 4.69) is 5.32 Å². The quantitative estimate of drug-likeness (QED) is 0.614. The van der Waals surface area contributed by atoms with Gasteiger partial charge in [0.1, 0.15) is 0 Å². The Morgan fingerprint density at radius 3 is 2.30 bits per heavy atom. The van der Waals surface area contributed by atoms with E-state index in [4.69, 9.17) is 25.6 Å². The number of esters is 1. The first-order valence-electron chi connectivity index (χ1n) is 8.65. The van der Waals surface area contributed by atoms with Gasteiger partial charge in [-0.15, -0.1) is 0 Å². The van der Waals surface area contributed by atoms with Crippen LogP contribution >= 0.6 is 11.6 Å². The largest absolute Gasteiger partial charge is 0.492 e. The molecule has 2 rings (SSSR count). The summed E-state index contributed by atoms with van der Waals surface area (Å²) < 4.78 is 16.9. The summed E-state index contributed by atoms with van der Waals surface area (Å²) in [5.74, 6) is -0.656. The number of carbonyl (C=O) groups is 2. The third kappa shape index (κ3) is 4.92. The summed E-state index contributed by atoms with van der Waals surface area (Å²) in [6.07, 6.45) is 1.84. The molecular formula is C19H25BClNO5. The van der Waals surface area contributed by atoms with E-state index in [1.165, 1.54) is 14.0 Å². The highest BCUT2D eigenvalue weighted by atomic mass is 35.5. The molecule has 1 heterocycles. The van der Waals surface area contributed by atoms with E-state index in [0.29, 0.717) is 0 Å². The Kier molecular flexibility index (Phi) is 6.40. The van der Waals surface area contributed by atoms with Gasteiger partial charge in [0.05, 0.1) is 28.9 Å². The van der Waals surface area contributed by atoms with Crippen LogP contribution in [0.2, 0.25) is 5.02 Å². The Bertz CT molecular complexity index is 759. The zero-order valence-corrected chi connectivity index (χ0v) is 17.3. The number of carbonyl (C=O) groups excluding carboxylic acids is 2. The van der Waals surface area contributed by atoms with E-state index in [1.54, 1.807) is 18.2 Å². The van der Waals surface area contributed by atoms with Gasteiger partial charge in [0.25, 0.3) is 0 Å². The van der Waals surface area contributed by atoms with Gasteiger partial charge in [0.2, 0.25) is 5.91 Å². The van der Waals surface area contributed by atoms with Crippen LogP contribution in [0, 0.1) is 0 Å². The first-order valence-corrected chi connectivity index (χ1v) is 9.03. The Morgan fingerprint density at radius 1 is 1.22 bits per heavy atom. The van der Waals surface area contributed by atoms with E-state index in [1.807, 2.05) is 33.8 Å². The molecule has 1 saturated heterocycles. The van der Waals surface area contributed by atoms with Crippen molar-refractivity contribution in [2.45, 2.75) is 45.8 Å². The van der Waals surface area contributed by atoms with E-state index < -0.39 is 24.3 Å². The highest BCUT2D eigenvalue weighted by Crippen LogP contribution is 2.38. The van der Waals surface area contributed by atoms with Crippen LogP contribution in [0.1, 0.15) is 50.5 Å². The topological polar surface area (TPSA) is 73.9 Å². The number of hydrogen-bond acceptors (Lipinski definition) is 5. The van der Waals surface area contributed by atoms with Crippen molar-refractivity contribution >= 4 is 36.7 Å². The van der Waals surface area contributed by atoms with Crippen molar-refractivity contribution in [1.82, 2.24) is 5.32 Å². The molecule has 1 aromatic rings. The molecule has 0 radical (unpaired) electrons. The number of benzene rings is 1. The van der Waals surface area contributed by atoms with Gasteiger partial charge in [-0.2, -0.15) is 0 Å². The third-order valence-electron chi connectivity index (χ3n) is 4.85. The first-order chi connectivity index (χ1) is 12.5. The molecule has 0 unspecified atom stereocenters. The number of hydrogen-bond donors (Lipinski definition) is 1. The van der Waals surface area contributed by atoms with Crippen molar-refractivity contribution in [1.29, 1.82) is 0 Å². The summed E-state index contributed by atoms with van der Waals surface area (Å²) in [4.78, 5) is 23.1. The van der Waals surface area contributed by atoms with E-state index >= 15 is 0 Å². The molecule has 27 heavy (non-hydrogen) atoms. The van der Waals surface area contributed by atoms with E-state index in [-0.39, 0.29) is 23.0 Å². The van der Waals surface area contributed by atoms with Gasteiger partial charge in [0, 0.05) is 13.5 Å². The van der Waals surface area contributed by atoms with Crippen LogP contribution in [0.4, 0.5) is 0 Å². The van der Waals surface area contributed by atoms with Crippen molar-refractivity contribution in [3.05, 3.63) is 39.8 Å². The van der Waals surface area contributed by atoms with Crippen LogP contribution in [0.25, 0.3) is 6.08 Å². The Labute approximate surface area is 165 Å². The van der Waals surface area contributed by atoms with Gasteiger partial charge >= 0.3 is 13.1 Å². The second-order valence-corrected chi connectivity index (χ2v) is 7.86. The van der Waals surface area contributed by atoms with Crippen LogP contribution in [-0.2, 0) is 18.8 Å². The number of halogens is 1. The lowest BCUT2D eigenvalue weighted by Crippen LogP contribution is -2.41. The van der Waals surface area contributed by atoms with Gasteiger partial charge in [-0.05, 0) is 50.9 Å². The maximum atomic E-state index is 11.7. The molecule has 0 saturated carbocycles. The van der Waals surface area contributed by atoms with Crippen molar-refractivity contribution in [3.8, 4) is 0 Å². The molecule has 1 N–H and O–H groups in total. The summed E-state index contributed by atoms with van der Waals surface area (Å²) in [5, 5.41) is 3.06. The minimum absolute atomic E-state index is 0.156. The lowest BCUT2D eigenvalue weighted by atomic mass is 9.77. The summed E-state index contributed by atoms with van der Waals surface area (Å²) in [5.41, 5.74) is 0.780. The number of methoxy groups -OCH3 is 1. The lowest BCUT2D eigenvalue weighted by Gasteiger charge is -2.32. The van der Waals surface area contributed by atoms with E-state index in [9.17, 15) is 9.59 Å². The molecule has 146 valence electrons. The maximum absolute atomic E-state index is 11.7. The van der Waals surface area contributed by atoms with Gasteiger partial charge in [-0.25, -0.2) is 4.79 Å². The van der Waals surface area contributed by atoms with Crippen LogP contribution in [0.15, 0.2) is 23.7 Å². The minimum Gasteiger partial charge on any atom is -0.465 e. The fourth-order valence-electron chi connectivity index (χ4n) is 2.53. The molecule has 8 heteroatoms. The maximum Gasteiger partial charge on any atom is 0.492 e. The van der Waals surface area contributed by atoms with Crippen molar-refractivity contribution in [2.24, 2.45) is 0 Å². The molecular weight excluding hydrogens is 368 g/mol. The third-order valence-corrected chi connectivity index (χ3v) is 5.16. The van der Waals surface area contributed by atoms with Crippen LogP contribution < -0.4 is 5.32 Å². The van der Waals surface area contributed by atoms with Gasteiger partial charge < -0.3 is 19.4 Å². The molecule has 0 bridgehead atoms. The Morgan fingerprint density at radius 2 is 1.81 bits per heavy atom. The molecule has 1 amide bonds. The molecule has 0 spiro atoms. The molecule has 1 aliphatic rings. The first kappa shape index (κ1) is 21.5. The second-order valence-electron chi connectivity index (χ2n) is 7.45. The normalized spacial score (nSPS) is 18.3. The second kappa shape index (κ2) is 8.04. The zero-order valence-electron chi connectivity index (χ0n) is 16.5. The van der Waals surface area contributed by atoms with Crippen molar-refractivity contribution in [2.75, 3.05) is 13.7 Å². The molecule has 1 fully saturated rings. The van der Waals surface area contributed by atoms with E-state index in [0.717, 1.165) is 11.0 Å². The van der Waals surface area contributed by atoms with Gasteiger partial charge in [-0.1, -0.05) is 23.7 Å². The average molecular weight is 394 g/mol. The molecule has 1 aromatic carbocycles. The summed E-state index contributed by atoms with van der Waals surface area (Å²) >= 11 is 6.20. The Hall–Kier alpha value is -1.83. The monoisotopic (exact) mass is 393 g/mol. The zero-order chi connectivity index (χ0) is 20.4. The number of nitrogens with one attached hydrogen (secondary N) is 1. The van der Waals surface area contributed by atoms with Crippen LogP contribution in [0.5, 0.6) is 0 Å². The van der Waals surface area contributed by atoms with Crippen LogP contribution in [-0.4, -0.2) is 43.9 Å². The Balaban J connectivity index is 2.35. The SMILES string of the molecule is COC(=O)c1ccc(C=C(CNC(C)=O)B2OC(C)(C)C(C)(C)O2)cc1Cl. The van der Waals surface area contributed by atoms with Gasteiger partial charge in [-0.3, -0.25) is 4.79 Å². The molecule has 1 aliphatic heterocycles.